The highest BCUT2D eigenvalue weighted by Gasteiger charge is 2.21. The Hall–Kier alpha value is -1.32. The molecule has 1 N–H and O–H groups in total. The molecule has 0 unspecified atom stereocenters. The summed E-state index contributed by atoms with van der Waals surface area (Å²) < 4.78 is 17.7. The number of methoxy groups -OCH3 is 1. The molecule has 1 fully saturated rings. The van der Waals surface area contributed by atoms with Crippen LogP contribution in [0.25, 0.3) is 0 Å². The zero-order chi connectivity index (χ0) is 9.26. The average molecular weight is 182 g/mol. The summed E-state index contributed by atoms with van der Waals surface area (Å²) in [6.45, 7) is 0. The maximum atomic E-state index is 12.9. The predicted octanol–water partition coefficient (Wildman–Crippen LogP) is 1.80. The number of hydrogen-bond donors (Lipinski definition) is 1. The number of ether oxygens (including phenoxy) is 1. The summed E-state index contributed by atoms with van der Waals surface area (Å²) in [5.74, 6) is 0.301. The minimum absolute atomic E-state index is 0.0469. The van der Waals surface area contributed by atoms with Crippen LogP contribution in [0.1, 0.15) is 12.8 Å². The zero-order valence-corrected chi connectivity index (χ0v) is 7.38. The summed E-state index contributed by atoms with van der Waals surface area (Å²) in [7, 11) is 1.41. The lowest BCUT2D eigenvalue weighted by Gasteiger charge is -2.05. The van der Waals surface area contributed by atoms with E-state index >= 15 is 0 Å². The monoisotopic (exact) mass is 182 g/mol. The van der Waals surface area contributed by atoms with E-state index in [1.54, 1.807) is 6.07 Å². The van der Waals surface area contributed by atoms with Crippen LogP contribution < -0.4 is 10.1 Å². The van der Waals surface area contributed by atoms with E-state index in [1.807, 2.05) is 0 Å². The molecule has 1 aromatic rings. The molecule has 4 heteroatoms. The van der Waals surface area contributed by atoms with Crippen molar-refractivity contribution in [2.24, 2.45) is 0 Å². The van der Waals surface area contributed by atoms with E-state index in [9.17, 15) is 4.39 Å². The standard InChI is InChI=1S/C9H11FN2O/c1-13-9-7(10)4-5-8(12-9)11-6-2-3-6/h4-6H,2-3H2,1H3,(H,11,12). The van der Waals surface area contributed by atoms with Gasteiger partial charge in [0.2, 0.25) is 0 Å². The Bertz CT molecular complexity index is 312. The average Bonchev–Trinajstić information content (AvgIpc) is 2.92. The Morgan fingerprint density at radius 3 is 2.92 bits per heavy atom. The highest BCUT2D eigenvalue weighted by atomic mass is 19.1. The first kappa shape index (κ1) is 8.29. The molecule has 0 spiro atoms. The van der Waals surface area contributed by atoms with E-state index in [0.717, 1.165) is 0 Å². The van der Waals surface area contributed by atoms with Gasteiger partial charge in [0.25, 0.3) is 5.88 Å². The fourth-order valence-corrected chi connectivity index (χ4v) is 1.08. The highest BCUT2D eigenvalue weighted by Crippen LogP contribution is 2.25. The molecule has 0 amide bonds. The number of halogens is 1. The lowest BCUT2D eigenvalue weighted by molar-refractivity contribution is 0.370. The molecule has 0 bridgehead atoms. The van der Waals surface area contributed by atoms with Crippen LogP contribution in [0.4, 0.5) is 10.2 Å². The normalized spacial score (nSPS) is 15.5. The predicted molar refractivity (Wildman–Crippen MR) is 47.4 cm³/mol. The fraction of sp³-hybridized carbons (Fsp3) is 0.444. The SMILES string of the molecule is COc1nc(NC2CC2)ccc1F. The van der Waals surface area contributed by atoms with Crippen LogP contribution in [0, 0.1) is 5.82 Å². The molecular weight excluding hydrogens is 171 g/mol. The first-order valence-electron chi connectivity index (χ1n) is 4.26. The van der Waals surface area contributed by atoms with Gasteiger partial charge < -0.3 is 10.1 Å². The molecule has 2 rings (SSSR count). The first-order chi connectivity index (χ1) is 6.29. The number of pyridine rings is 1. The zero-order valence-electron chi connectivity index (χ0n) is 7.38. The molecule has 0 radical (unpaired) electrons. The quantitative estimate of drug-likeness (QED) is 0.774. The van der Waals surface area contributed by atoms with Crippen LogP contribution in [0.3, 0.4) is 0 Å². The number of rotatable bonds is 3. The van der Waals surface area contributed by atoms with Crippen molar-refractivity contribution in [3.05, 3.63) is 17.9 Å². The Morgan fingerprint density at radius 2 is 2.31 bits per heavy atom. The van der Waals surface area contributed by atoms with Crippen LogP contribution in [-0.4, -0.2) is 18.1 Å². The van der Waals surface area contributed by atoms with E-state index < -0.39 is 5.82 Å². The molecule has 70 valence electrons. The second-order valence-corrected chi connectivity index (χ2v) is 3.11. The van der Waals surface area contributed by atoms with Crippen molar-refractivity contribution in [1.29, 1.82) is 0 Å². The topological polar surface area (TPSA) is 34.1 Å². The Morgan fingerprint density at radius 1 is 1.54 bits per heavy atom. The van der Waals surface area contributed by atoms with E-state index in [1.165, 1.54) is 26.0 Å². The smallest absolute Gasteiger partial charge is 0.252 e. The summed E-state index contributed by atoms with van der Waals surface area (Å²) in [5.41, 5.74) is 0. The molecule has 1 saturated carbocycles. The summed E-state index contributed by atoms with van der Waals surface area (Å²) >= 11 is 0. The van der Waals surface area contributed by atoms with Crippen molar-refractivity contribution in [3.8, 4) is 5.88 Å². The number of nitrogens with zero attached hydrogens (tertiary/aromatic N) is 1. The molecule has 0 saturated heterocycles. The number of nitrogens with one attached hydrogen (secondary N) is 1. The molecule has 1 aromatic heterocycles. The maximum absolute atomic E-state index is 12.9. The molecule has 3 nitrogen and oxygen atoms in total. The van der Waals surface area contributed by atoms with Crippen LogP contribution in [0.2, 0.25) is 0 Å². The lowest BCUT2D eigenvalue weighted by Crippen LogP contribution is -2.04. The van der Waals surface area contributed by atoms with Crippen LogP contribution in [0.15, 0.2) is 12.1 Å². The second kappa shape index (κ2) is 3.20. The molecule has 0 atom stereocenters. The first-order valence-corrected chi connectivity index (χ1v) is 4.26. The summed E-state index contributed by atoms with van der Waals surface area (Å²) in [6, 6.07) is 3.50. The Balaban J connectivity index is 2.16. The number of anilines is 1. The minimum Gasteiger partial charge on any atom is -0.479 e. The largest absolute Gasteiger partial charge is 0.479 e. The minimum atomic E-state index is -0.427. The van der Waals surface area contributed by atoms with Gasteiger partial charge >= 0.3 is 0 Å². The highest BCUT2D eigenvalue weighted by molar-refractivity contribution is 5.39. The van der Waals surface area contributed by atoms with Crippen LogP contribution in [0.5, 0.6) is 5.88 Å². The molecule has 1 aliphatic rings. The molecule has 0 aromatic carbocycles. The van der Waals surface area contributed by atoms with E-state index in [4.69, 9.17) is 4.74 Å². The molecular formula is C9H11FN2O. The van der Waals surface area contributed by atoms with E-state index in [-0.39, 0.29) is 5.88 Å². The van der Waals surface area contributed by atoms with Crippen LogP contribution >= 0.6 is 0 Å². The van der Waals surface area contributed by atoms with Gasteiger partial charge in [0.05, 0.1) is 7.11 Å². The van der Waals surface area contributed by atoms with Crippen molar-refractivity contribution < 1.29 is 9.13 Å². The molecule has 1 aliphatic carbocycles. The third-order valence-electron chi connectivity index (χ3n) is 1.94. The van der Waals surface area contributed by atoms with Gasteiger partial charge in [0.15, 0.2) is 5.82 Å². The van der Waals surface area contributed by atoms with Crippen molar-refractivity contribution in [1.82, 2.24) is 4.98 Å². The van der Waals surface area contributed by atoms with Crippen molar-refractivity contribution >= 4 is 5.82 Å². The summed E-state index contributed by atoms with van der Waals surface area (Å²) in [5, 5.41) is 3.16. The molecule has 13 heavy (non-hydrogen) atoms. The van der Waals surface area contributed by atoms with Crippen molar-refractivity contribution in [2.75, 3.05) is 12.4 Å². The maximum Gasteiger partial charge on any atom is 0.252 e. The summed E-state index contributed by atoms with van der Waals surface area (Å²) in [4.78, 5) is 3.96. The van der Waals surface area contributed by atoms with Gasteiger partial charge in [-0.25, -0.2) is 4.39 Å². The summed E-state index contributed by atoms with van der Waals surface area (Å²) in [6.07, 6.45) is 2.34. The van der Waals surface area contributed by atoms with Crippen molar-refractivity contribution in [3.63, 3.8) is 0 Å². The Kier molecular flexibility index (Phi) is 2.04. The third-order valence-corrected chi connectivity index (χ3v) is 1.94. The lowest BCUT2D eigenvalue weighted by atomic mass is 10.4. The van der Waals surface area contributed by atoms with Crippen molar-refractivity contribution in [2.45, 2.75) is 18.9 Å². The van der Waals surface area contributed by atoms with Gasteiger partial charge in [-0.15, -0.1) is 0 Å². The van der Waals surface area contributed by atoms with Crippen LogP contribution in [-0.2, 0) is 0 Å². The van der Waals surface area contributed by atoms with E-state index in [0.29, 0.717) is 11.9 Å². The molecule has 0 aliphatic heterocycles. The van der Waals surface area contributed by atoms with Gasteiger partial charge in [-0.3, -0.25) is 0 Å². The Labute approximate surface area is 75.9 Å². The second-order valence-electron chi connectivity index (χ2n) is 3.11. The van der Waals surface area contributed by atoms with Gasteiger partial charge in [-0.1, -0.05) is 0 Å². The van der Waals surface area contributed by atoms with Gasteiger partial charge in [0, 0.05) is 6.04 Å². The fourth-order valence-electron chi connectivity index (χ4n) is 1.08. The number of hydrogen-bond acceptors (Lipinski definition) is 3. The van der Waals surface area contributed by atoms with Gasteiger partial charge in [-0.2, -0.15) is 4.98 Å². The van der Waals surface area contributed by atoms with Gasteiger partial charge in [-0.05, 0) is 25.0 Å². The molecule has 1 heterocycles. The van der Waals surface area contributed by atoms with E-state index in [2.05, 4.69) is 10.3 Å². The van der Waals surface area contributed by atoms with Gasteiger partial charge in [0.1, 0.15) is 5.82 Å². The third kappa shape index (κ3) is 1.88. The number of aromatic nitrogens is 1.